The molecular weight excluding hydrogens is 382 g/mol. The van der Waals surface area contributed by atoms with Crippen molar-refractivity contribution >= 4 is 23.5 Å². The van der Waals surface area contributed by atoms with Crippen LogP contribution in [0.15, 0.2) is 34.7 Å². The Morgan fingerprint density at radius 1 is 1.21 bits per heavy atom. The lowest BCUT2D eigenvalue weighted by molar-refractivity contribution is -0.116. The molecule has 2 aromatic rings. The number of carbonyl (C=O) groups is 1. The van der Waals surface area contributed by atoms with Crippen LogP contribution in [0.1, 0.15) is 23.5 Å². The van der Waals surface area contributed by atoms with E-state index in [1.165, 1.54) is 33.1 Å². The zero-order chi connectivity index (χ0) is 20.3. The highest BCUT2D eigenvalue weighted by molar-refractivity contribution is 7.99. The van der Waals surface area contributed by atoms with E-state index < -0.39 is 5.92 Å². The van der Waals surface area contributed by atoms with Gasteiger partial charge in [-0.15, -0.1) is 6.58 Å². The average Bonchev–Trinajstić information content (AvgIpc) is 2.69. The van der Waals surface area contributed by atoms with Crippen LogP contribution in [0.2, 0.25) is 0 Å². The van der Waals surface area contributed by atoms with Crippen LogP contribution in [-0.2, 0) is 4.79 Å². The Kier molecular flexibility index (Phi) is 5.93. The Hall–Kier alpha value is -2.94. The molecule has 1 aliphatic heterocycles. The van der Waals surface area contributed by atoms with Crippen molar-refractivity contribution in [2.75, 3.05) is 32.4 Å². The van der Waals surface area contributed by atoms with Crippen molar-refractivity contribution in [1.29, 1.82) is 0 Å². The van der Waals surface area contributed by atoms with Crippen molar-refractivity contribution in [2.45, 2.75) is 17.5 Å². The summed E-state index contributed by atoms with van der Waals surface area (Å²) in [6, 6.07) is 3.49. The third kappa shape index (κ3) is 3.70. The molecule has 8 nitrogen and oxygen atoms in total. The van der Waals surface area contributed by atoms with Gasteiger partial charge >= 0.3 is 0 Å². The van der Waals surface area contributed by atoms with Gasteiger partial charge in [-0.3, -0.25) is 9.59 Å². The van der Waals surface area contributed by atoms with Crippen LogP contribution in [0, 0.1) is 0 Å². The van der Waals surface area contributed by atoms with Crippen LogP contribution in [0.3, 0.4) is 0 Å². The minimum absolute atomic E-state index is 0.107. The summed E-state index contributed by atoms with van der Waals surface area (Å²) in [5.74, 6) is 1.49. The summed E-state index contributed by atoms with van der Waals surface area (Å²) in [6.45, 7) is 3.65. The summed E-state index contributed by atoms with van der Waals surface area (Å²) < 4.78 is 16.1. The fraction of sp³-hybridized carbons (Fsp3) is 0.316. The highest BCUT2D eigenvalue weighted by atomic mass is 32.2. The molecule has 0 saturated carbocycles. The fourth-order valence-electron chi connectivity index (χ4n) is 3.14. The number of rotatable bonds is 7. The number of hydrogen-bond acceptors (Lipinski definition) is 7. The van der Waals surface area contributed by atoms with Crippen molar-refractivity contribution in [2.24, 2.45) is 0 Å². The van der Waals surface area contributed by atoms with E-state index in [9.17, 15) is 9.59 Å². The number of thioether (sulfide) groups is 1. The summed E-state index contributed by atoms with van der Waals surface area (Å²) in [5.41, 5.74) is 0.802. The molecule has 1 aromatic heterocycles. The standard InChI is InChI=1S/C19H21N3O5S/c1-5-6-28-19-21-17-15(18(24)22-19)11(9-14(23)20-17)10-7-12(25-2)16(27-4)13(8-10)26-3/h5,7-8,11H,1,6,9H2,2-4H3,(H2,20,21,22,23,24)/t11-/m0/s1. The molecule has 0 bridgehead atoms. The SMILES string of the molecule is C=CCSc1nc2c(c(=O)[nH]1)[C@H](c1cc(OC)c(OC)c(OC)c1)CC(=O)N2. The number of benzene rings is 1. The van der Waals surface area contributed by atoms with E-state index in [4.69, 9.17) is 14.2 Å². The zero-order valence-electron chi connectivity index (χ0n) is 15.8. The third-order valence-electron chi connectivity index (χ3n) is 4.36. The third-order valence-corrected chi connectivity index (χ3v) is 5.23. The molecule has 1 aliphatic rings. The van der Waals surface area contributed by atoms with Crippen molar-refractivity contribution in [3.05, 3.63) is 46.3 Å². The van der Waals surface area contributed by atoms with E-state index in [2.05, 4.69) is 21.9 Å². The first-order valence-electron chi connectivity index (χ1n) is 8.50. The Morgan fingerprint density at radius 3 is 2.46 bits per heavy atom. The first-order valence-corrected chi connectivity index (χ1v) is 9.48. The van der Waals surface area contributed by atoms with E-state index in [0.29, 0.717) is 39.3 Å². The van der Waals surface area contributed by atoms with Crippen molar-refractivity contribution < 1.29 is 19.0 Å². The van der Waals surface area contributed by atoms with Crippen LogP contribution in [0.5, 0.6) is 17.2 Å². The molecule has 3 rings (SSSR count). The topological polar surface area (TPSA) is 103 Å². The monoisotopic (exact) mass is 403 g/mol. The molecule has 2 N–H and O–H groups in total. The molecule has 0 fully saturated rings. The summed E-state index contributed by atoms with van der Waals surface area (Å²) in [6.07, 6.45) is 1.82. The molecule has 0 radical (unpaired) electrons. The summed E-state index contributed by atoms with van der Waals surface area (Å²) >= 11 is 1.33. The smallest absolute Gasteiger partial charge is 0.257 e. The Morgan fingerprint density at radius 2 is 1.89 bits per heavy atom. The summed E-state index contributed by atoms with van der Waals surface area (Å²) in [5, 5.41) is 3.13. The molecule has 9 heteroatoms. The van der Waals surface area contributed by atoms with Crippen LogP contribution in [0.25, 0.3) is 0 Å². The number of ether oxygens (including phenoxy) is 3. The number of carbonyl (C=O) groups excluding carboxylic acids is 1. The van der Waals surface area contributed by atoms with Gasteiger partial charge in [-0.25, -0.2) is 4.98 Å². The normalized spacial score (nSPS) is 15.4. The number of nitrogens with one attached hydrogen (secondary N) is 2. The van der Waals surface area contributed by atoms with Crippen LogP contribution in [0.4, 0.5) is 5.82 Å². The van der Waals surface area contributed by atoms with Crippen LogP contribution >= 0.6 is 11.8 Å². The molecular formula is C19H21N3O5S. The number of fused-ring (bicyclic) bond motifs is 1. The zero-order valence-corrected chi connectivity index (χ0v) is 16.6. The lowest BCUT2D eigenvalue weighted by Gasteiger charge is -2.25. The van der Waals surface area contributed by atoms with Gasteiger partial charge < -0.3 is 24.5 Å². The summed E-state index contributed by atoms with van der Waals surface area (Å²) in [4.78, 5) is 32.3. The van der Waals surface area contributed by atoms with E-state index in [1.54, 1.807) is 18.2 Å². The number of amides is 1. The Balaban J connectivity index is 2.14. The second-order valence-corrected chi connectivity index (χ2v) is 7.01. The molecule has 28 heavy (non-hydrogen) atoms. The Bertz CT molecular complexity index is 948. The number of aromatic nitrogens is 2. The maximum absolute atomic E-state index is 12.8. The molecule has 0 unspecified atom stereocenters. The van der Waals surface area contributed by atoms with E-state index in [-0.39, 0.29) is 23.7 Å². The van der Waals surface area contributed by atoms with Crippen molar-refractivity contribution in [3.63, 3.8) is 0 Å². The maximum atomic E-state index is 12.8. The van der Waals surface area contributed by atoms with Crippen molar-refractivity contribution in [1.82, 2.24) is 9.97 Å². The number of methoxy groups -OCH3 is 3. The molecule has 1 amide bonds. The molecule has 1 atom stereocenters. The number of hydrogen-bond donors (Lipinski definition) is 2. The minimum atomic E-state index is -0.493. The number of nitrogens with zero attached hydrogens (tertiary/aromatic N) is 1. The van der Waals surface area contributed by atoms with Gasteiger partial charge in [-0.2, -0.15) is 0 Å². The van der Waals surface area contributed by atoms with Gasteiger partial charge in [0.15, 0.2) is 16.7 Å². The Labute approximate surface area is 166 Å². The lowest BCUT2D eigenvalue weighted by Crippen LogP contribution is -2.31. The average molecular weight is 403 g/mol. The fourth-order valence-corrected chi connectivity index (χ4v) is 3.74. The van der Waals surface area contributed by atoms with Gasteiger partial charge in [0.25, 0.3) is 5.56 Å². The molecule has 0 saturated heterocycles. The predicted molar refractivity (Wildman–Crippen MR) is 107 cm³/mol. The van der Waals surface area contributed by atoms with E-state index in [1.807, 2.05) is 0 Å². The minimum Gasteiger partial charge on any atom is -0.493 e. The number of aromatic amines is 1. The molecule has 0 aliphatic carbocycles. The first kappa shape index (κ1) is 19.8. The second kappa shape index (κ2) is 8.39. The predicted octanol–water partition coefficient (Wildman–Crippen LogP) is 2.55. The molecule has 0 spiro atoms. The van der Waals surface area contributed by atoms with Gasteiger partial charge in [-0.05, 0) is 17.7 Å². The number of anilines is 1. The van der Waals surface area contributed by atoms with Gasteiger partial charge in [-0.1, -0.05) is 17.8 Å². The van der Waals surface area contributed by atoms with Gasteiger partial charge in [0.2, 0.25) is 11.7 Å². The van der Waals surface area contributed by atoms with E-state index >= 15 is 0 Å². The van der Waals surface area contributed by atoms with E-state index in [0.717, 1.165) is 0 Å². The lowest BCUT2D eigenvalue weighted by atomic mass is 9.86. The highest BCUT2D eigenvalue weighted by Crippen LogP contribution is 2.43. The highest BCUT2D eigenvalue weighted by Gasteiger charge is 2.32. The van der Waals surface area contributed by atoms with Crippen LogP contribution < -0.4 is 25.1 Å². The largest absolute Gasteiger partial charge is 0.493 e. The van der Waals surface area contributed by atoms with Crippen molar-refractivity contribution in [3.8, 4) is 17.2 Å². The van der Waals surface area contributed by atoms with Crippen LogP contribution in [-0.4, -0.2) is 43.0 Å². The second-order valence-electron chi connectivity index (χ2n) is 6.00. The quantitative estimate of drug-likeness (QED) is 0.416. The molecule has 2 heterocycles. The summed E-state index contributed by atoms with van der Waals surface area (Å²) in [7, 11) is 4.54. The molecule has 148 valence electrons. The van der Waals surface area contributed by atoms with Gasteiger partial charge in [0.1, 0.15) is 5.82 Å². The number of H-pyrrole nitrogens is 1. The van der Waals surface area contributed by atoms with Gasteiger partial charge in [0, 0.05) is 18.1 Å². The maximum Gasteiger partial charge on any atom is 0.257 e. The first-order chi connectivity index (χ1) is 13.5. The molecule has 1 aromatic carbocycles. The van der Waals surface area contributed by atoms with Gasteiger partial charge in [0.05, 0.1) is 26.9 Å².